The minimum atomic E-state index is -4.59. The minimum Gasteiger partial charge on any atom is -0.492 e. The Morgan fingerprint density at radius 1 is 1.28 bits per heavy atom. The summed E-state index contributed by atoms with van der Waals surface area (Å²) in [5.41, 5.74) is -1.06. The van der Waals surface area contributed by atoms with Gasteiger partial charge in [-0.25, -0.2) is 4.68 Å². The lowest BCUT2D eigenvalue weighted by atomic mass is 10.3. The van der Waals surface area contributed by atoms with Crippen molar-refractivity contribution in [3.63, 3.8) is 0 Å². The van der Waals surface area contributed by atoms with Gasteiger partial charge in [0.25, 0.3) is 0 Å². The number of pyridine rings is 2. The van der Waals surface area contributed by atoms with Crippen molar-refractivity contribution in [2.24, 2.45) is 0 Å². The highest BCUT2D eigenvalue weighted by Crippen LogP contribution is 2.36. The summed E-state index contributed by atoms with van der Waals surface area (Å²) in [5.74, 6) is 0.416. The zero-order valence-corrected chi connectivity index (χ0v) is 14.8. The highest BCUT2D eigenvalue weighted by molar-refractivity contribution is 7.99. The molecule has 0 bridgehead atoms. The van der Waals surface area contributed by atoms with Gasteiger partial charge in [-0.2, -0.15) is 23.3 Å². The summed E-state index contributed by atoms with van der Waals surface area (Å²) in [7, 11) is 0. The van der Waals surface area contributed by atoms with Crippen molar-refractivity contribution in [2.75, 3.05) is 5.75 Å². The fourth-order valence-corrected chi connectivity index (χ4v) is 3.37. The summed E-state index contributed by atoms with van der Waals surface area (Å²) in [4.78, 5) is 7.92. The van der Waals surface area contributed by atoms with Gasteiger partial charge in [-0.15, -0.1) is 11.8 Å². The molecule has 0 unspecified atom stereocenters. The number of aromatic hydroxyl groups is 1. The van der Waals surface area contributed by atoms with Crippen LogP contribution in [0.2, 0.25) is 10.2 Å². The largest absolute Gasteiger partial charge is 0.492 e. The van der Waals surface area contributed by atoms with Crippen LogP contribution in [0.15, 0.2) is 23.2 Å². The second kappa shape index (κ2) is 6.54. The molecule has 0 aliphatic heterocycles. The number of alkyl halides is 3. The number of hydrogen-bond acceptors (Lipinski definition) is 5. The Hall–Kier alpha value is -1.71. The lowest BCUT2D eigenvalue weighted by Gasteiger charge is -2.09. The average Bonchev–Trinajstić information content (AvgIpc) is 2.86. The molecule has 3 aromatic rings. The van der Waals surface area contributed by atoms with E-state index in [-0.39, 0.29) is 26.9 Å². The van der Waals surface area contributed by atoms with Gasteiger partial charge in [0, 0.05) is 6.20 Å². The number of fused-ring (bicyclic) bond motifs is 1. The second-order valence-electron chi connectivity index (χ2n) is 4.84. The van der Waals surface area contributed by atoms with Crippen molar-refractivity contribution >= 4 is 45.9 Å². The van der Waals surface area contributed by atoms with E-state index in [1.807, 2.05) is 6.92 Å². The van der Waals surface area contributed by atoms with Gasteiger partial charge < -0.3 is 5.11 Å². The molecule has 0 atom stereocenters. The molecule has 5 nitrogen and oxygen atoms in total. The predicted octanol–water partition coefficient (Wildman–Crippen LogP) is 4.96. The van der Waals surface area contributed by atoms with Crippen LogP contribution in [0, 0.1) is 0 Å². The van der Waals surface area contributed by atoms with Gasteiger partial charge in [0.2, 0.25) is 5.88 Å². The first-order valence-corrected chi connectivity index (χ1v) is 8.60. The highest BCUT2D eigenvalue weighted by Gasteiger charge is 2.33. The van der Waals surface area contributed by atoms with Crippen LogP contribution in [0.25, 0.3) is 16.7 Å². The predicted molar refractivity (Wildman–Crippen MR) is 89.7 cm³/mol. The molecule has 0 aliphatic rings. The lowest BCUT2D eigenvalue weighted by Crippen LogP contribution is -2.07. The quantitative estimate of drug-likeness (QED) is 0.620. The zero-order valence-electron chi connectivity index (χ0n) is 12.5. The average molecular weight is 409 g/mol. The fourth-order valence-electron chi connectivity index (χ4n) is 2.11. The highest BCUT2D eigenvalue weighted by atomic mass is 35.5. The van der Waals surface area contributed by atoms with Crippen molar-refractivity contribution in [3.05, 3.63) is 34.2 Å². The first-order chi connectivity index (χ1) is 11.7. The van der Waals surface area contributed by atoms with Gasteiger partial charge in [-0.3, -0.25) is 4.98 Å². The van der Waals surface area contributed by atoms with Crippen molar-refractivity contribution in [3.8, 4) is 11.7 Å². The molecule has 3 heterocycles. The molecule has 0 spiro atoms. The van der Waals surface area contributed by atoms with Crippen molar-refractivity contribution < 1.29 is 18.3 Å². The van der Waals surface area contributed by atoms with Gasteiger partial charge in [0.05, 0.1) is 15.8 Å². The van der Waals surface area contributed by atoms with E-state index in [4.69, 9.17) is 23.2 Å². The summed E-state index contributed by atoms with van der Waals surface area (Å²) in [6.45, 7) is 1.90. The third kappa shape index (κ3) is 3.36. The molecule has 0 radical (unpaired) electrons. The summed E-state index contributed by atoms with van der Waals surface area (Å²) in [5, 5.41) is 14.2. The van der Waals surface area contributed by atoms with E-state index >= 15 is 0 Å². The number of thioether (sulfide) groups is 1. The second-order valence-corrected chi connectivity index (χ2v) is 6.91. The SMILES string of the molecule is CCSc1cc(Cl)c(O)nc1-n1nc2cc(C(F)(F)F)ncc2c1Cl. The standard InChI is InChI=1S/C14H9Cl2F3N4OS/c1-2-25-9-3-7(15)13(24)21-12(9)23-11(16)6-5-20-10(14(17,18)19)4-8(6)22-23/h3-5H,2H2,1H3,(H,21,24). The third-order valence-corrected chi connectivity index (χ3v) is 4.73. The molecule has 0 saturated heterocycles. The van der Waals surface area contributed by atoms with Gasteiger partial charge in [0.1, 0.15) is 15.9 Å². The smallest absolute Gasteiger partial charge is 0.433 e. The molecule has 3 rings (SSSR count). The molecule has 3 aromatic heterocycles. The Balaban J connectivity index is 2.23. The zero-order chi connectivity index (χ0) is 18.4. The van der Waals surface area contributed by atoms with Crippen molar-refractivity contribution in [1.82, 2.24) is 19.7 Å². The molecule has 0 aliphatic carbocycles. The molecular weight excluding hydrogens is 400 g/mol. The van der Waals surface area contributed by atoms with Crippen LogP contribution < -0.4 is 0 Å². The van der Waals surface area contributed by atoms with Crippen molar-refractivity contribution in [1.29, 1.82) is 0 Å². The van der Waals surface area contributed by atoms with Gasteiger partial charge in [0.15, 0.2) is 5.82 Å². The Morgan fingerprint density at radius 3 is 2.64 bits per heavy atom. The first kappa shape index (κ1) is 18.1. The first-order valence-electron chi connectivity index (χ1n) is 6.86. The summed E-state index contributed by atoms with van der Waals surface area (Å²) < 4.78 is 39.6. The molecule has 0 aromatic carbocycles. The number of rotatable bonds is 3. The van der Waals surface area contributed by atoms with Crippen LogP contribution >= 0.6 is 35.0 Å². The van der Waals surface area contributed by atoms with Crippen LogP contribution in [0.1, 0.15) is 12.6 Å². The molecule has 25 heavy (non-hydrogen) atoms. The number of nitrogens with zero attached hydrogens (tertiary/aromatic N) is 4. The molecule has 0 amide bonds. The molecule has 132 valence electrons. The lowest BCUT2D eigenvalue weighted by molar-refractivity contribution is -0.141. The molecule has 0 saturated carbocycles. The number of halogens is 5. The maximum atomic E-state index is 12.8. The Morgan fingerprint density at radius 2 is 2.00 bits per heavy atom. The van der Waals surface area contributed by atoms with Gasteiger partial charge >= 0.3 is 6.18 Å². The summed E-state index contributed by atoms with van der Waals surface area (Å²) in [6.07, 6.45) is -3.59. The van der Waals surface area contributed by atoms with E-state index in [1.165, 1.54) is 17.8 Å². The Kier molecular flexibility index (Phi) is 4.74. The van der Waals surface area contributed by atoms with Crippen LogP contribution in [0.5, 0.6) is 5.88 Å². The molecular formula is C14H9Cl2F3N4OS. The van der Waals surface area contributed by atoms with Crippen molar-refractivity contribution in [2.45, 2.75) is 18.0 Å². The summed E-state index contributed by atoms with van der Waals surface area (Å²) in [6, 6.07) is 2.30. The van der Waals surface area contributed by atoms with E-state index in [1.54, 1.807) is 0 Å². The van der Waals surface area contributed by atoms with E-state index < -0.39 is 17.8 Å². The van der Waals surface area contributed by atoms with Crippen LogP contribution in [0.4, 0.5) is 13.2 Å². The van der Waals surface area contributed by atoms with Gasteiger partial charge in [-0.05, 0) is 17.9 Å². The maximum absolute atomic E-state index is 12.8. The number of aromatic nitrogens is 4. The van der Waals surface area contributed by atoms with E-state index in [0.717, 1.165) is 16.9 Å². The molecule has 0 fully saturated rings. The molecule has 1 N–H and O–H groups in total. The Bertz CT molecular complexity index is 961. The van der Waals surface area contributed by atoms with Crippen LogP contribution in [0.3, 0.4) is 0 Å². The van der Waals surface area contributed by atoms with Crippen LogP contribution in [-0.2, 0) is 6.18 Å². The van der Waals surface area contributed by atoms with E-state index in [0.29, 0.717) is 10.6 Å². The normalized spacial score (nSPS) is 12.1. The van der Waals surface area contributed by atoms with Gasteiger partial charge in [-0.1, -0.05) is 30.1 Å². The number of hydrogen-bond donors (Lipinski definition) is 1. The minimum absolute atomic E-state index is 0.0102. The molecule has 11 heteroatoms. The Labute approximate surface area is 153 Å². The van der Waals surface area contributed by atoms with Crippen LogP contribution in [-0.4, -0.2) is 30.6 Å². The monoisotopic (exact) mass is 408 g/mol. The third-order valence-electron chi connectivity index (χ3n) is 3.19. The van der Waals surface area contributed by atoms with E-state index in [9.17, 15) is 18.3 Å². The topological polar surface area (TPSA) is 63.8 Å². The maximum Gasteiger partial charge on any atom is 0.433 e. The van der Waals surface area contributed by atoms with E-state index in [2.05, 4.69) is 15.1 Å². The summed E-state index contributed by atoms with van der Waals surface area (Å²) >= 11 is 13.5. The fraction of sp³-hybridized carbons (Fsp3) is 0.214.